The summed E-state index contributed by atoms with van der Waals surface area (Å²) in [6.07, 6.45) is 2.44. The summed E-state index contributed by atoms with van der Waals surface area (Å²) >= 11 is 1.76. The second-order valence-electron chi connectivity index (χ2n) is 4.88. The van der Waals surface area contributed by atoms with Gasteiger partial charge in [-0.25, -0.2) is 0 Å². The number of piperidine rings is 1. The normalized spacial score (nSPS) is 23.1. The molecule has 0 amide bonds. The highest BCUT2D eigenvalue weighted by Crippen LogP contribution is 2.34. The van der Waals surface area contributed by atoms with E-state index in [1.54, 1.807) is 11.8 Å². The maximum atomic E-state index is 11.8. The Morgan fingerprint density at radius 2 is 2.25 bits per heavy atom. The first-order valence-corrected chi connectivity index (χ1v) is 6.87. The van der Waals surface area contributed by atoms with Crippen molar-refractivity contribution in [2.75, 3.05) is 26.7 Å². The minimum Gasteiger partial charge on any atom is -0.465 e. The molecule has 94 valence electrons. The zero-order valence-corrected chi connectivity index (χ0v) is 11.6. The number of nitrogens with zero attached hydrogens (tertiary/aromatic N) is 1. The summed E-state index contributed by atoms with van der Waals surface area (Å²) in [6, 6.07) is 0. The van der Waals surface area contributed by atoms with Gasteiger partial charge in [0.1, 0.15) is 4.75 Å². The van der Waals surface area contributed by atoms with Crippen LogP contribution in [0.3, 0.4) is 0 Å². The van der Waals surface area contributed by atoms with Crippen LogP contribution in [0.5, 0.6) is 0 Å². The molecule has 1 aliphatic heterocycles. The minimum absolute atomic E-state index is 0.0896. The van der Waals surface area contributed by atoms with E-state index in [2.05, 4.69) is 11.9 Å². The lowest BCUT2D eigenvalue weighted by Crippen LogP contribution is -2.39. The van der Waals surface area contributed by atoms with E-state index >= 15 is 0 Å². The van der Waals surface area contributed by atoms with E-state index in [0.29, 0.717) is 11.9 Å². The molecule has 1 saturated heterocycles. The van der Waals surface area contributed by atoms with Gasteiger partial charge in [-0.3, -0.25) is 4.79 Å². The monoisotopic (exact) mass is 245 g/mol. The van der Waals surface area contributed by atoms with Crippen molar-refractivity contribution in [3.05, 3.63) is 0 Å². The Balaban J connectivity index is 2.47. The van der Waals surface area contributed by atoms with Crippen LogP contribution in [0.4, 0.5) is 0 Å². The van der Waals surface area contributed by atoms with Crippen molar-refractivity contribution in [1.82, 2.24) is 4.90 Å². The van der Waals surface area contributed by atoms with E-state index in [1.807, 2.05) is 20.8 Å². The van der Waals surface area contributed by atoms with Crippen LogP contribution in [0, 0.1) is 0 Å². The third-order valence-corrected chi connectivity index (χ3v) is 4.28. The van der Waals surface area contributed by atoms with Gasteiger partial charge in [0.2, 0.25) is 0 Å². The highest BCUT2D eigenvalue weighted by molar-refractivity contribution is 8.02. The third-order valence-electron chi connectivity index (χ3n) is 2.81. The van der Waals surface area contributed by atoms with Crippen molar-refractivity contribution >= 4 is 17.7 Å². The molecule has 3 nitrogen and oxygen atoms in total. The number of hydrogen-bond donors (Lipinski definition) is 0. The van der Waals surface area contributed by atoms with Crippen LogP contribution < -0.4 is 0 Å². The van der Waals surface area contributed by atoms with E-state index in [4.69, 9.17) is 4.74 Å². The molecule has 0 N–H and O–H groups in total. The second-order valence-corrected chi connectivity index (χ2v) is 6.80. The van der Waals surface area contributed by atoms with Crippen LogP contribution in [0.15, 0.2) is 0 Å². The summed E-state index contributed by atoms with van der Waals surface area (Å²) in [5.74, 6) is -0.0896. The molecule has 1 aliphatic rings. The van der Waals surface area contributed by atoms with E-state index in [-0.39, 0.29) is 5.97 Å². The Labute approximate surface area is 103 Å². The van der Waals surface area contributed by atoms with Gasteiger partial charge in [0, 0.05) is 11.8 Å². The van der Waals surface area contributed by atoms with Crippen molar-refractivity contribution in [2.45, 2.75) is 43.6 Å². The molecule has 16 heavy (non-hydrogen) atoms. The zero-order chi connectivity index (χ0) is 12.2. The molecule has 0 radical (unpaired) electrons. The fourth-order valence-electron chi connectivity index (χ4n) is 1.98. The van der Waals surface area contributed by atoms with Gasteiger partial charge in [0.15, 0.2) is 0 Å². The van der Waals surface area contributed by atoms with Gasteiger partial charge >= 0.3 is 5.97 Å². The molecule has 1 unspecified atom stereocenters. The fraction of sp³-hybridized carbons (Fsp3) is 0.917. The molecule has 1 fully saturated rings. The van der Waals surface area contributed by atoms with E-state index in [9.17, 15) is 4.79 Å². The SMILES string of the molecule is CCOC(=O)C(C)(C)SC1CCCN(C)C1. The number of rotatable bonds is 4. The van der Waals surface area contributed by atoms with Gasteiger partial charge in [0.05, 0.1) is 6.61 Å². The highest BCUT2D eigenvalue weighted by Gasteiger charge is 2.34. The number of esters is 1. The highest BCUT2D eigenvalue weighted by atomic mass is 32.2. The van der Waals surface area contributed by atoms with Gasteiger partial charge in [-0.2, -0.15) is 0 Å². The van der Waals surface area contributed by atoms with Gasteiger partial charge in [0.25, 0.3) is 0 Å². The number of likely N-dealkylation sites (tertiary alicyclic amines) is 1. The number of ether oxygens (including phenoxy) is 1. The Bertz CT molecular complexity index is 243. The van der Waals surface area contributed by atoms with Crippen LogP contribution in [0.2, 0.25) is 0 Å². The fourth-order valence-corrected chi connectivity index (χ4v) is 3.59. The predicted octanol–water partition coefficient (Wildman–Crippen LogP) is 2.16. The van der Waals surface area contributed by atoms with Gasteiger partial charge in [-0.15, -0.1) is 11.8 Å². The Kier molecular flexibility index (Phi) is 5.12. The third kappa shape index (κ3) is 3.98. The molecule has 1 heterocycles. The first-order chi connectivity index (χ1) is 7.45. The first kappa shape index (κ1) is 13.8. The van der Waals surface area contributed by atoms with Crippen molar-refractivity contribution in [2.24, 2.45) is 0 Å². The summed E-state index contributed by atoms with van der Waals surface area (Å²) in [6.45, 7) is 8.50. The molecule has 0 aromatic rings. The van der Waals surface area contributed by atoms with Crippen LogP contribution in [-0.4, -0.2) is 47.6 Å². The summed E-state index contributed by atoms with van der Waals surface area (Å²) in [5, 5.41) is 0.554. The molecule has 0 aromatic carbocycles. The predicted molar refractivity (Wildman–Crippen MR) is 68.8 cm³/mol. The first-order valence-electron chi connectivity index (χ1n) is 5.99. The van der Waals surface area contributed by atoms with Crippen molar-refractivity contribution in [3.63, 3.8) is 0 Å². The molecular weight excluding hydrogens is 222 g/mol. The van der Waals surface area contributed by atoms with Gasteiger partial charge in [-0.1, -0.05) is 0 Å². The van der Waals surface area contributed by atoms with Gasteiger partial charge in [-0.05, 0) is 47.2 Å². The molecular formula is C12H23NO2S. The van der Waals surface area contributed by atoms with E-state index in [1.165, 1.54) is 19.4 Å². The van der Waals surface area contributed by atoms with Crippen molar-refractivity contribution in [1.29, 1.82) is 0 Å². The largest absolute Gasteiger partial charge is 0.465 e. The number of hydrogen-bond acceptors (Lipinski definition) is 4. The van der Waals surface area contributed by atoms with Crippen LogP contribution in [0.1, 0.15) is 33.6 Å². The minimum atomic E-state index is -0.418. The van der Waals surface area contributed by atoms with E-state index in [0.717, 1.165) is 6.54 Å². The van der Waals surface area contributed by atoms with E-state index < -0.39 is 4.75 Å². The molecule has 0 saturated carbocycles. The molecule has 0 aromatic heterocycles. The van der Waals surface area contributed by atoms with Gasteiger partial charge < -0.3 is 9.64 Å². The summed E-state index contributed by atoms with van der Waals surface area (Å²) in [5.41, 5.74) is 0. The van der Waals surface area contributed by atoms with Crippen LogP contribution in [-0.2, 0) is 9.53 Å². The maximum Gasteiger partial charge on any atom is 0.321 e. The van der Waals surface area contributed by atoms with Crippen LogP contribution >= 0.6 is 11.8 Å². The van der Waals surface area contributed by atoms with Crippen molar-refractivity contribution < 1.29 is 9.53 Å². The Morgan fingerprint density at radius 1 is 1.56 bits per heavy atom. The van der Waals surface area contributed by atoms with Crippen molar-refractivity contribution in [3.8, 4) is 0 Å². The molecule has 1 atom stereocenters. The standard InChI is InChI=1S/C12H23NO2S/c1-5-15-11(14)12(2,3)16-10-7-6-8-13(4)9-10/h10H,5-9H2,1-4H3. The molecule has 0 spiro atoms. The summed E-state index contributed by atoms with van der Waals surface area (Å²) in [4.78, 5) is 14.1. The smallest absolute Gasteiger partial charge is 0.321 e. The zero-order valence-electron chi connectivity index (χ0n) is 10.8. The average molecular weight is 245 g/mol. The quantitative estimate of drug-likeness (QED) is 0.710. The number of thioether (sulfide) groups is 1. The topological polar surface area (TPSA) is 29.5 Å². The molecule has 0 bridgehead atoms. The lowest BCUT2D eigenvalue weighted by molar-refractivity contribution is -0.145. The van der Waals surface area contributed by atoms with Crippen LogP contribution in [0.25, 0.3) is 0 Å². The lowest BCUT2D eigenvalue weighted by atomic mass is 10.1. The summed E-state index contributed by atoms with van der Waals surface area (Å²) < 4.78 is 4.68. The molecule has 4 heteroatoms. The lowest BCUT2D eigenvalue weighted by Gasteiger charge is -2.33. The number of carbonyl (C=O) groups excluding carboxylic acids is 1. The number of carbonyl (C=O) groups is 1. The molecule has 0 aliphatic carbocycles. The Morgan fingerprint density at radius 3 is 2.81 bits per heavy atom. The Hall–Kier alpha value is -0.220. The summed E-state index contributed by atoms with van der Waals surface area (Å²) in [7, 11) is 2.14. The average Bonchev–Trinajstić information content (AvgIpc) is 2.17. The maximum absolute atomic E-state index is 11.8. The second kappa shape index (κ2) is 5.92. The molecule has 1 rings (SSSR count).